The largest absolute Gasteiger partial charge is 0.317 e. The molecule has 0 aromatic heterocycles. The summed E-state index contributed by atoms with van der Waals surface area (Å²) < 4.78 is 0. The zero-order valence-corrected chi connectivity index (χ0v) is 12.1. The molecule has 0 fully saturated rings. The van der Waals surface area contributed by atoms with Crippen LogP contribution in [0.25, 0.3) is 0 Å². The number of benzene rings is 1. The van der Waals surface area contributed by atoms with Crippen molar-refractivity contribution in [1.82, 2.24) is 10.2 Å². The van der Waals surface area contributed by atoms with Crippen LogP contribution in [0.2, 0.25) is 0 Å². The zero-order chi connectivity index (χ0) is 13.9. The molecular weight excluding hydrogens is 232 g/mol. The molecule has 19 heavy (non-hydrogen) atoms. The molecule has 0 amide bonds. The van der Waals surface area contributed by atoms with Crippen LogP contribution in [0.3, 0.4) is 0 Å². The minimum atomic E-state index is 0.896. The van der Waals surface area contributed by atoms with E-state index in [2.05, 4.69) is 54.6 Å². The van der Waals surface area contributed by atoms with Gasteiger partial charge in [-0.15, -0.1) is 13.2 Å². The van der Waals surface area contributed by atoms with E-state index < -0.39 is 0 Å². The molecule has 0 saturated heterocycles. The smallest absolute Gasteiger partial charge is 0.0243 e. The Bertz CT molecular complexity index is 375. The van der Waals surface area contributed by atoms with Crippen LogP contribution in [-0.2, 0) is 13.0 Å². The van der Waals surface area contributed by atoms with Crippen molar-refractivity contribution in [2.45, 2.75) is 19.9 Å². The topological polar surface area (TPSA) is 15.3 Å². The second-order valence-corrected chi connectivity index (χ2v) is 4.64. The number of rotatable bonds is 10. The molecule has 0 atom stereocenters. The summed E-state index contributed by atoms with van der Waals surface area (Å²) in [4.78, 5) is 2.34. The van der Waals surface area contributed by atoms with Crippen molar-refractivity contribution in [2.24, 2.45) is 0 Å². The number of nitrogens with one attached hydrogen (secondary N) is 1. The third-order valence-corrected chi connectivity index (χ3v) is 3.11. The average molecular weight is 258 g/mol. The van der Waals surface area contributed by atoms with E-state index in [-0.39, 0.29) is 0 Å². The maximum absolute atomic E-state index is 3.82. The van der Waals surface area contributed by atoms with Crippen LogP contribution in [0.5, 0.6) is 0 Å². The Morgan fingerprint density at radius 1 is 1.11 bits per heavy atom. The van der Waals surface area contributed by atoms with Crippen LogP contribution >= 0.6 is 0 Å². The molecule has 0 aliphatic rings. The van der Waals surface area contributed by atoms with Crippen LogP contribution < -0.4 is 5.32 Å². The molecule has 1 aromatic carbocycles. The summed E-state index contributed by atoms with van der Waals surface area (Å²) in [6.07, 6.45) is 4.98. The molecule has 0 heterocycles. The average Bonchev–Trinajstić information content (AvgIpc) is 2.41. The number of likely N-dealkylation sites (N-methyl/N-ethyl adjacent to an activating group) is 1. The Balaban J connectivity index is 2.68. The second kappa shape index (κ2) is 9.54. The van der Waals surface area contributed by atoms with Crippen molar-refractivity contribution in [3.8, 4) is 0 Å². The second-order valence-electron chi connectivity index (χ2n) is 4.64. The highest BCUT2D eigenvalue weighted by molar-refractivity contribution is 5.27. The van der Waals surface area contributed by atoms with E-state index in [9.17, 15) is 0 Å². The first-order valence-electron chi connectivity index (χ1n) is 7.03. The Hall–Kier alpha value is -1.38. The van der Waals surface area contributed by atoms with E-state index in [1.807, 2.05) is 12.2 Å². The highest BCUT2D eigenvalue weighted by atomic mass is 15.1. The van der Waals surface area contributed by atoms with Crippen LogP contribution in [0.1, 0.15) is 18.1 Å². The molecule has 2 heteroatoms. The molecule has 0 radical (unpaired) electrons. The SMILES string of the molecule is C=CCN(CC=C)Cc1ccccc1CCNCC. The minimum absolute atomic E-state index is 0.896. The molecular formula is C17H26N2. The Morgan fingerprint density at radius 3 is 2.32 bits per heavy atom. The molecule has 0 bridgehead atoms. The van der Waals surface area contributed by atoms with E-state index in [1.54, 1.807) is 0 Å². The van der Waals surface area contributed by atoms with Gasteiger partial charge in [-0.1, -0.05) is 43.3 Å². The Kier molecular flexibility index (Phi) is 7.87. The van der Waals surface area contributed by atoms with Crippen molar-refractivity contribution >= 4 is 0 Å². The Labute approximate surface area is 117 Å². The summed E-state index contributed by atoms with van der Waals surface area (Å²) in [7, 11) is 0. The first kappa shape index (κ1) is 15.7. The lowest BCUT2D eigenvalue weighted by molar-refractivity contribution is 0.326. The first-order chi connectivity index (χ1) is 9.31. The number of hydrogen-bond donors (Lipinski definition) is 1. The minimum Gasteiger partial charge on any atom is -0.317 e. The maximum Gasteiger partial charge on any atom is 0.0243 e. The molecule has 2 nitrogen and oxygen atoms in total. The fourth-order valence-electron chi connectivity index (χ4n) is 2.17. The van der Waals surface area contributed by atoms with Gasteiger partial charge in [-0.3, -0.25) is 4.90 Å². The van der Waals surface area contributed by atoms with Gasteiger partial charge in [0.2, 0.25) is 0 Å². The van der Waals surface area contributed by atoms with E-state index in [4.69, 9.17) is 0 Å². The molecule has 0 aliphatic carbocycles. The van der Waals surface area contributed by atoms with Gasteiger partial charge in [0, 0.05) is 19.6 Å². The first-order valence-corrected chi connectivity index (χ1v) is 7.03. The van der Waals surface area contributed by atoms with Gasteiger partial charge in [-0.2, -0.15) is 0 Å². The highest BCUT2D eigenvalue weighted by Crippen LogP contribution is 2.12. The molecule has 1 N–H and O–H groups in total. The van der Waals surface area contributed by atoms with Crippen molar-refractivity contribution < 1.29 is 0 Å². The third kappa shape index (κ3) is 5.86. The third-order valence-electron chi connectivity index (χ3n) is 3.11. The normalized spacial score (nSPS) is 10.6. The fraction of sp³-hybridized carbons (Fsp3) is 0.412. The lowest BCUT2D eigenvalue weighted by Crippen LogP contribution is -2.24. The summed E-state index contributed by atoms with van der Waals surface area (Å²) in [6.45, 7) is 14.6. The fourth-order valence-corrected chi connectivity index (χ4v) is 2.17. The van der Waals surface area contributed by atoms with Crippen LogP contribution in [0, 0.1) is 0 Å². The number of hydrogen-bond acceptors (Lipinski definition) is 2. The van der Waals surface area contributed by atoms with Gasteiger partial charge in [0.05, 0.1) is 0 Å². The van der Waals surface area contributed by atoms with Crippen LogP contribution in [0.15, 0.2) is 49.6 Å². The highest BCUT2D eigenvalue weighted by Gasteiger charge is 2.06. The van der Waals surface area contributed by atoms with Crippen LogP contribution in [0.4, 0.5) is 0 Å². The van der Waals surface area contributed by atoms with Gasteiger partial charge in [-0.05, 0) is 30.6 Å². The molecule has 0 aliphatic heterocycles. The van der Waals surface area contributed by atoms with Crippen molar-refractivity contribution in [3.63, 3.8) is 0 Å². The van der Waals surface area contributed by atoms with E-state index in [0.717, 1.165) is 39.1 Å². The van der Waals surface area contributed by atoms with Gasteiger partial charge in [0.25, 0.3) is 0 Å². The monoisotopic (exact) mass is 258 g/mol. The number of nitrogens with zero attached hydrogens (tertiary/aromatic N) is 1. The predicted octanol–water partition coefficient (Wildman–Crippen LogP) is 3.01. The summed E-state index contributed by atoms with van der Waals surface area (Å²) in [6, 6.07) is 8.69. The quantitative estimate of drug-likeness (QED) is 0.512. The summed E-state index contributed by atoms with van der Waals surface area (Å²) in [5.74, 6) is 0. The van der Waals surface area contributed by atoms with Gasteiger partial charge in [-0.25, -0.2) is 0 Å². The summed E-state index contributed by atoms with van der Waals surface area (Å²) >= 11 is 0. The molecule has 0 saturated carbocycles. The lowest BCUT2D eigenvalue weighted by Gasteiger charge is -2.20. The van der Waals surface area contributed by atoms with Gasteiger partial charge in [0.1, 0.15) is 0 Å². The maximum atomic E-state index is 3.82. The Morgan fingerprint density at radius 2 is 1.74 bits per heavy atom. The van der Waals surface area contributed by atoms with Gasteiger partial charge >= 0.3 is 0 Å². The molecule has 0 unspecified atom stereocenters. The summed E-state index contributed by atoms with van der Waals surface area (Å²) in [5.41, 5.74) is 2.84. The summed E-state index contributed by atoms with van der Waals surface area (Å²) in [5, 5.41) is 3.38. The zero-order valence-electron chi connectivity index (χ0n) is 12.1. The van der Waals surface area contributed by atoms with E-state index in [1.165, 1.54) is 11.1 Å². The van der Waals surface area contributed by atoms with Gasteiger partial charge < -0.3 is 5.32 Å². The predicted molar refractivity (Wildman–Crippen MR) is 84.4 cm³/mol. The van der Waals surface area contributed by atoms with Gasteiger partial charge in [0.15, 0.2) is 0 Å². The van der Waals surface area contributed by atoms with Crippen molar-refractivity contribution in [2.75, 3.05) is 26.2 Å². The standard InChI is InChI=1S/C17H26N2/c1-4-13-19(14-5-2)15-17-10-8-7-9-16(17)11-12-18-6-3/h4-5,7-10,18H,1-2,6,11-15H2,3H3. The van der Waals surface area contributed by atoms with E-state index >= 15 is 0 Å². The van der Waals surface area contributed by atoms with E-state index in [0.29, 0.717) is 0 Å². The van der Waals surface area contributed by atoms with Crippen molar-refractivity contribution in [3.05, 3.63) is 60.7 Å². The lowest BCUT2D eigenvalue weighted by atomic mass is 10.0. The molecule has 0 spiro atoms. The van der Waals surface area contributed by atoms with Crippen molar-refractivity contribution in [1.29, 1.82) is 0 Å². The molecule has 1 rings (SSSR count). The molecule has 104 valence electrons. The van der Waals surface area contributed by atoms with Crippen LogP contribution in [-0.4, -0.2) is 31.1 Å². The molecule has 1 aromatic rings.